The Morgan fingerprint density at radius 1 is 1.26 bits per heavy atom. The normalized spacial score (nSPS) is 21.8. The minimum absolute atomic E-state index is 0.0186. The number of aliphatic hydroxyl groups excluding tert-OH is 1. The van der Waals surface area contributed by atoms with Gasteiger partial charge in [-0.05, 0) is 75.2 Å². The number of hydrogen-bond acceptors (Lipinski definition) is 9. The number of benzene rings is 1. The summed E-state index contributed by atoms with van der Waals surface area (Å²) in [5, 5.41) is 16.4. The van der Waals surface area contributed by atoms with Crippen molar-refractivity contribution in [3.63, 3.8) is 0 Å². The number of methoxy groups -OCH3 is 1. The maximum Gasteiger partial charge on any atom is 0.349 e. The van der Waals surface area contributed by atoms with Crippen LogP contribution in [0.15, 0.2) is 40.0 Å². The zero-order valence-electron chi connectivity index (χ0n) is 20.3. The van der Waals surface area contributed by atoms with Crippen molar-refractivity contribution in [2.75, 3.05) is 34.3 Å². The second-order valence-corrected chi connectivity index (χ2v) is 10.2. The molecule has 9 nitrogen and oxygen atoms in total. The molecule has 0 amide bonds. The van der Waals surface area contributed by atoms with Crippen LogP contribution in [-0.4, -0.2) is 66.0 Å². The highest BCUT2D eigenvalue weighted by Gasteiger charge is 2.48. The molecule has 1 saturated carbocycles. The predicted octanol–water partition coefficient (Wildman–Crippen LogP) is 2.97. The Hall–Kier alpha value is -2.43. The van der Waals surface area contributed by atoms with Crippen LogP contribution in [0, 0.1) is 5.92 Å². The molecule has 5 N–H and O–H groups in total. The maximum absolute atomic E-state index is 13.2. The zero-order chi connectivity index (χ0) is 24.7. The first-order valence-electron chi connectivity index (χ1n) is 11.7. The highest BCUT2D eigenvalue weighted by atomic mass is 32.2. The van der Waals surface area contributed by atoms with Crippen molar-refractivity contribution in [3.8, 4) is 5.75 Å². The van der Waals surface area contributed by atoms with E-state index in [2.05, 4.69) is 5.10 Å². The second kappa shape index (κ2) is 11.8. The number of carbonyl (C=O) groups is 1. The van der Waals surface area contributed by atoms with E-state index in [4.69, 9.17) is 21.2 Å². The molecule has 1 aliphatic heterocycles. The van der Waals surface area contributed by atoms with Gasteiger partial charge in [-0.3, -0.25) is 5.01 Å². The van der Waals surface area contributed by atoms with Crippen LogP contribution >= 0.6 is 11.8 Å². The summed E-state index contributed by atoms with van der Waals surface area (Å²) in [5.41, 5.74) is 0.407. The molecule has 34 heavy (non-hydrogen) atoms. The molecule has 0 radical (unpaired) electrons. The predicted molar refractivity (Wildman–Crippen MR) is 135 cm³/mol. The molecule has 1 unspecified atom stereocenters. The minimum atomic E-state index is -0.727. The fourth-order valence-corrected chi connectivity index (χ4v) is 5.43. The van der Waals surface area contributed by atoms with Gasteiger partial charge >= 0.3 is 5.97 Å². The van der Waals surface area contributed by atoms with E-state index in [1.807, 2.05) is 43.3 Å². The first-order valence-corrected chi connectivity index (χ1v) is 12.5. The fraction of sp³-hybridized carbons (Fsp3) is 0.583. The Bertz CT molecular complexity index is 899. The molecule has 1 fully saturated rings. The van der Waals surface area contributed by atoms with E-state index in [1.165, 1.54) is 5.01 Å². The van der Waals surface area contributed by atoms with Gasteiger partial charge in [-0.1, -0.05) is 25.0 Å². The van der Waals surface area contributed by atoms with E-state index in [-0.39, 0.29) is 28.2 Å². The van der Waals surface area contributed by atoms with E-state index < -0.39 is 11.6 Å². The molecule has 1 aliphatic carbocycles. The lowest BCUT2D eigenvalue weighted by Crippen LogP contribution is -2.46. The van der Waals surface area contributed by atoms with Gasteiger partial charge in [-0.15, -0.1) is 0 Å². The summed E-state index contributed by atoms with van der Waals surface area (Å²) in [6.45, 7) is 1.15. The highest BCUT2D eigenvalue weighted by Crippen LogP contribution is 2.47. The first kappa shape index (κ1) is 26.2. The molecule has 1 aromatic rings. The van der Waals surface area contributed by atoms with Gasteiger partial charge in [-0.25, -0.2) is 10.6 Å². The maximum atomic E-state index is 13.2. The van der Waals surface area contributed by atoms with Gasteiger partial charge in [0.2, 0.25) is 5.17 Å². The number of aliphatic hydroxyl groups is 1. The second-order valence-electron chi connectivity index (χ2n) is 9.25. The number of ether oxygens (including phenoxy) is 2. The van der Waals surface area contributed by atoms with E-state index in [9.17, 15) is 9.90 Å². The van der Waals surface area contributed by atoms with Crippen LogP contribution in [0.3, 0.4) is 0 Å². The quantitative estimate of drug-likeness (QED) is 0.157. The molecule has 10 heteroatoms. The number of esters is 1. The van der Waals surface area contributed by atoms with Gasteiger partial charge in [0.05, 0.1) is 7.11 Å². The molecule has 188 valence electrons. The molecular weight excluding hydrogens is 454 g/mol. The summed E-state index contributed by atoms with van der Waals surface area (Å²) in [4.78, 5) is 15.2. The number of nitrogens with two attached hydrogens (primary N) is 2. The number of amidine groups is 1. The van der Waals surface area contributed by atoms with Crippen molar-refractivity contribution in [2.24, 2.45) is 22.7 Å². The monoisotopic (exact) mass is 491 g/mol. The molecule has 2 aliphatic rings. The third-order valence-electron chi connectivity index (χ3n) is 6.64. The number of nitrogens with zero attached hydrogens (tertiary/aromatic N) is 3. The van der Waals surface area contributed by atoms with E-state index in [0.29, 0.717) is 19.5 Å². The lowest BCUT2D eigenvalue weighted by molar-refractivity contribution is -0.166. The molecular formula is C24H37N5O4S. The summed E-state index contributed by atoms with van der Waals surface area (Å²) in [5.74, 6) is 12.1. The molecule has 1 aromatic carbocycles. The molecule has 1 heterocycles. The molecule has 0 bridgehead atoms. The summed E-state index contributed by atoms with van der Waals surface area (Å²) < 4.78 is 11.4. The number of hydrazine groups is 1. The average molecular weight is 492 g/mol. The third kappa shape index (κ3) is 6.37. The van der Waals surface area contributed by atoms with Crippen molar-refractivity contribution in [2.45, 2.75) is 50.5 Å². The fourth-order valence-electron chi connectivity index (χ4n) is 4.67. The Morgan fingerprint density at radius 3 is 2.50 bits per heavy atom. The average Bonchev–Trinajstić information content (AvgIpc) is 3.37. The van der Waals surface area contributed by atoms with Gasteiger partial charge in [0.25, 0.3) is 0 Å². The van der Waals surface area contributed by atoms with Crippen molar-refractivity contribution in [3.05, 3.63) is 40.5 Å². The number of thioether (sulfide) groups is 1. The minimum Gasteiger partial charge on any atom is -0.511 e. The summed E-state index contributed by atoms with van der Waals surface area (Å²) in [6.07, 6.45) is 5.85. The molecule has 1 atom stereocenters. The Kier molecular flexibility index (Phi) is 9.10. The van der Waals surface area contributed by atoms with Crippen LogP contribution in [0.2, 0.25) is 0 Å². The van der Waals surface area contributed by atoms with E-state index in [0.717, 1.165) is 55.2 Å². The van der Waals surface area contributed by atoms with Crippen molar-refractivity contribution >= 4 is 22.9 Å². The summed E-state index contributed by atoms with van der Waals surface area (Å²) in [7, 11) is 5.51. The molecule has 0 spiro atoms. The topological polar surface area (TPSA) is 127 Å². The largest absolute Gasteiger partial charge is 0.511 e. The van der Waals surface area contributed by atoms with Gasteiger partial charge in [0.1, 0.15) is 22.0 Å². The smallest absolute Gasteiger partial charge is 0.349 e. The number of aryl methyl sites for hydroxylation is 1. The van der Waals surface area contributed by atoms with Gasteiger partial charge in [0, 0.05) is 19.5 Å². The number of carbonyl (C=O) groups excluding carboxylic acids is 1. The summed E-state index contributed by atoms with van der Waals surface area (Å²) in [6, 6.07) is 7.91. The van der Waals surface area contributed by atoms with Crippen LogP contribution in [0.5, 0.6) is 5.75 Å². The molecule has 3 rings (SSSR count). The SMILES string of the molecule is COc1ccc(CCC2(C3CCCC3)CC(O)=C(S/C(=N/N)N(N)CCN(C)C)C(=O)O2)cc1. The lowest BCUT2D eigenvalue weighted by atomic mass is 9.77. The zero-order valence-corrected chi connectivity index (χ0v) is 21.1. The summed E-state index contributed by atoms with van der Waals surface area (Å²) >= 11 is 0.952. The number of likely N-dealkylation sites (N-methyl/N-ethyl adjacent to an activating group) is 1. The number of hydrazone groups is 1. The van der Waals surface area contributed by atoms with Crippen LogP contribution < -0.4 is 16.4 Å². The van der Waals surface area contributed by atoms with Gasteiger partial charge in [0.15, 0.2) is 0 Å². The van der Waals surface area contributed by atoms with Gasteiger partial charge < -0.3 is 25.3 Å². The van der Waals surface area contributed by atoms with E-state index >= 15 is 0 Å². The standard InChI is InChI=1S/C24H37N5O4S/c1-28(2)14-15-29(26)23(27-25)34-21-20(30)16-24(33-22(21)31,18-6-4-5-7-18)13-12-17-8-10-19(32-3)11-9-17/h8-11,18,30H,4-7,12-16,25-26H2,1-3H3/b27-23+. The van der Waals surface area contributed by atoms with Crippen molar-refractivity contribution in [1.29, 1.82) is 0 Å². The van der Waals surface area contributed by atoms with Crippen LogP contribution in [0.25, 0.3) is 0 Å². The van der Waals surface area contributed by atoms with Crippen molar-refractivity contribution in [1.82, 2.24) is 9.91 Å². The Balaban J connectivity index is 1.77. The Labute approximate surface area is 206 Å². The number of cyclic esters (lactones) is 1. The molecule has 0 saturated heterocycles. The van der Waals surface area contributed by atoms with Crippen LogP contribution in [0.1, 0.15) is 44.1 Å². The van der Waals surface area contributed by atoms with E-state index in [1.54, 1.807) is 7.11 Å². The van der Waals surface area contributed by atoms with Crippen molar-refractivity contribution < 1.29 is 19.4 Å². The molecule has 0 aromatic heterocycles. The first-order chi connectivity index (χ1) is 16.3. The van der Waals surface area contributed by atoms with Gasteiger partial charge in [-0.2, -0.15) is 5.10 Å². The highest BCUT2D eigenvalue weighted by molar-refractivity contribution is 8.17. The van der Waals surface area contributed by atoms with Crippen LogP contribution in [0.4, 0.5) is 0 Å². The third-order valence-corrected chi connectivity index (χ3v) is 7.77. The number of rotatable bonds is 9. The van der Waals surface area contributed by atoms with Crippen LogP contribution in [-0.2, 0) is 16.0 Å². The lowest BCUT2D eigenvalue weighted by Gasteiger charge is -2.41. The Morgan fingerprint density at radius 2 is 1.94 bits per heavy atom. The number of hydrogen-bond donors (Lipinski definition) is 3.